The molecule has 1 aromatic carbocycles. The summed E-state index contributed by atoms with van der Waals surface area (Å²) in [6.07, 6.45) is 2.84. The van der Waals surface area contributed by atoms with Gasteiger partial charge >= 0.3 is 0 Å². The Morgan fingerprint density at radius 3 is 2.86 bits per heavy atom. The Bertz CT molecular complexity index is 462. The normalized spacial score (nSPS) is 16.9. The lowest BCUT2D eigenvalue weighted by atomic mass is 10.0. The minimum atomic E-state index is 0. The second-order valence-corrected chi connectivity index (χ2v) is 5.83. The zero-order valence-corrected chi connectivity index (χ0v) is 14.3. The molecule has 2 rings (SSSR count). The van der Waals surface area contributed by atoms with Gasteiger partial charge in [0.25, 0.3) is 0 Å². The van der Waals surface area contributed by atoms with Gasteiger partial charge in [-0.15, -0.1) is 12.4 Å². The van der Waals surface area contributed by atoms with Crippen molar-refractivity contribution < 1.29 is 9.53 Å². The number of likely N-dealkylation sites (N-methyl/N-ethyl adjacent to an activating group) is 1. The quantitative estimate of drug-likeness (QED) is 0.837. The first kappa shape index (κ1) is 18.8. The molecule has 1 aromatic rings. The molecule has 1 fully saturated rings. The highest BCUT2D eigenvalue weighted by atomic mass is 35.5. The summed E-state index contributed by atoms with van der Waals surface area (Å²) in [5.41, 5.74) is 1.13. The van der Waals surface area contributed by atoms with Crippen LogP contribution in [-0.2, 0) is 4.79 Å². The molecule has 1 atom stereocenters. The fourth-order valence-corrected chi connectivity index (χ4v) is 2.61. The van der Waals surface area contributed by atoms with Gasteiger partial charge in [-0.2, -0.15) is 0 Å². The number of amides is 1. The van der Waals surface area contributed by atoms with Gasteiger partial charge in [0.2, 0.25) is 5.91 Å². The van der Waals surface area contributed by atoms with Crippen LogP contribution in [0.25, 0.3) is 0 Å². The number of hydrogen-bond donors (Lipinski definition) is 1. The SMILES string of the molecule is Cc1ccccc1OCCN(C)C(=O)CCC1CCNC1.Cl. The van der Waals surface area contributed by atoms with Gasteiger partial charge < -0.3 is 15.0 Å². The van der Waals surface area contributed by atoms with Crippen LogP contribution in [0.2, 0.25) is 0 Å². The van der Waals surface area contributed by atoms with Crippen LogP contribution >= 0.6 is 12.4 Å². The van der Waals surface area contributed by atoms with Crippen LogP contribution in [-0.4, -0.2) is 44.1 Å². The Balaban J connectivity index is 0.00000242. The van der Waals surface area contributed by atoms with Crippen molar-refractivity contribution in [1.29, 1.82) is 0 Å². The molecular weight excluding hydrogens is 300 g/mol. The number of nitrogens with zero attached hydrogens (tertiary/aromatic N) is 1. The highest BCUT2D eigenvalue weighted by Crippen LogP contribution is 2.16. The fourth-order valence-electron chi connectivity index (χ4n) is 2.61. The van der Waals surface area contributed by atoms with Crippen molar-refractivity contribution in [2.24, 2.45) is 5.92 Å². The van der Waals surface area contributed by atoms with E-state index in [4.69, 9.17) is 4.74 Å². The third kappa shape index (κ3) is 5.85. The third-order valence-corrected chi connectivity index (χ3v) is 4.13. The molecule has 5 heteroatoms. The zero-order chi connectivity index (χ0) is 15.1. The lowest BCUT2D eigenvalue weighted by molar-refractivity contribution is -0.130. The van der Waals surface area contributed by atoms with E-state index in [2.05, 4.69) is 5.32 Å². The van der Waals surface area contributed by atoms with Crippen LogP contribution in [0.3, 0.4) is 0 Å². The molecule has 1 N–H and O–H groups in total. The van der Waals surface area contributed by atoms with E-state index in [1.54, 1.807) is 4.90 Å². The third-order valence-electron chi connectivity index (χ3n) is 4.13. The van der Waals surface area contributed by atoms with E-state index >= 15 is 0 Å². The highest BCUT2D eigenvalue weighted by molar-refractivity contribution is 5.85. The Hall–Kier alpha value is -1.26. The van der Waals surface area contributed by atoms with E-state index in [9.17, 15) is 4.79 Å². The minimum Gasteiger partial charge on any atom is -0.491 e. The molecule has 22 heavy (non-hydrogen) atoms. The summed E-state index contributed by atoms with van der Waals surface area (Å²) in [6, 6.07) is 7.95. The Kier molecular flexibility index (Phi) is 8.28. The van der Waals surface area contributed by atoms with E-state index in [1.807, 2.05) is 38.2 Å². The van der Waals surface area contributed by atoms with Gasteiger partial charge in [0.15, 0.2) is 0 Å². The van der Waals surface area contributed by atoms with Gasteiger partial charge in [0.1, 0.15) is 12.4 Å². The van der Waals surface area contributed by atoms with Crippen molar-refractivity contribution in [2.75, 3.05) is 33.3 Å². The lowest BCUT2D eigenvalue weighted by Gasteiger charge is -2.19. The number of rotatable bonds is 7. The first-order valence-corrected chi connectivity index (χ1v) is 7.80. The van der Waals surface area contributed by atoms with Crippen molar-refractivity contribution in [2.45, 2.75) is 26.2 Å². The molecule has 1 unspecified atom stereocenters. The van der Waals surface area contributed by atoms with Gasteiger partial charge in [-0.05, 0) is 50.4 Å². The summed E-state index contributed by atoms with van der Waals surface area (Å²) in [4.78, 5) is 13.8. The van der Waals surface area contributed by atoms with Gasteiger partial charge in [-0.3, -0.25) is 4.79 Å². The molecule has 0 bridgehead atoms. The van der Waals surface area contributed by atoms with E-state index < -0.39 is 0 Å². The maximum Gasteiger partial charge on any atom is 0.222 e. The van der Waals surface area contributed by atoms with E-state index in [0.29, 0.717) is 25.5 Å². The van der Waals surface area contributed by atoms with Crippen molar-refractivity contribution in [1.82, 2.24) is 10.2 Å². The highest BCUT2D eigenvalue weighted by Gasteiger charge is 2.17. The van der Waals surface area contributed by atoms with E-state index in [1.165, 1.54) is 6.42 Å². The molecule has 0 saturated carbocycles. The Morgan fingerprint density at radius 1 is 1.41 bits per heavy atom. The maximum atomic E-state index is 12.1. The summed E-state index contributed by atoms with van der Waals surface area (Å²) in [7, 11) is 1.86. The topological polar surface area (TPSA) is 41.6 Å². The number of nitrogens with one attached hydrogen (secondary N) is 1. The molecular formula is C17H27ClN2O2. The lowest BCUT2D eigenvalue weighted by Crippen LogP contribution is -2.31. The van der Waals surface area contributed by atoms with E-state index in [0.717, 1.165) is 30.8 Å². The molecule has 1 aliphatic heterocycles. The molecule has 1 aliphatic rings. The van der Waals surface area contributed by atoms with Gasteiger partial charge in [-0.25, -0.2) is 0 Å². The number of carbonyl (C=O) groups is 1. The van der Waals surface area contributed by atoms with Crippen molar-refractivity contribution in [3.63, 3.8) is 0 Å². The zero-order valence-electron chi connectivity index (χ0n) is 13.5. The van der Waals surface area contributed by atoms with Crippen LogP contribution in [0, 0.1) is 12.8 Å². The first-order chi connectivity index (χ1) is 10.2. The average Bonchev–Trinajstić information content (AvgIpc) is 3.00. The molecule has 1 heterocycles. The largest absolute Gasteiger partial charge is 0.491 e. The molecule has 1 amide bonds. The summed E-state index contributed by atoms with van der Waals surface area (Å²) in [6.45, 7) is 5.36. The number of carbonyl (C=O) groups excluding carboxylic acids is 1. The average molecular weight is 327 g/mol. The van der Waals surface area contributed by atoms with Crippen LogP contribution in [0.15, 0.2) is 24.3 Å². The monoisotopic (exact) mass is 326 g/mol. The van der Waals surface area contributed by atoms with Crippen LogP contribution in [0.4, 0.5) is 0 Å². The van der Waals surface area contributed by atoms with Crippen molar-refractivity contribution in [3.8, 4) is 5.75 Å². The number of benzene rings is 1. The molecule has 1 saturated heterocycles. The second-order valence-electron chi connectivity index (χ2n) is 5.83. The van der Waals surface area contributed by atoms with Crippen LogP contribution in [0.1, 0.15) is 24.8 Å². The maximum absolute atomic E-state index is 12.1. The standard InChI is InChI=1S/C17H26N2O2.ClH/c1-14-5-3-4-6-16(14)21-12-11-19(2)17(20)8-7-15-9-10-18-13-15;/h3-6,15,18H,7-13H2,1-2H3;1H. The summed E-state index contributed by atoms with van der Waals surface area (Å²) in [5.74, 6) is 1.79. The molecule has 0 aromatic heterocycles. The van der Waals surface area contributed by atoms with Gasteiger partial charge in [0.05, 0.1) is 6.54 Å². The molecule has 4 nitrogen and oxygen atoms in total. The smallest absolute Gasteiger partial charge is 0.222 e. The number of halogens is 1. The van der Waals surface area contributed by atoms with Crippen LogP contribution < -0.4 is 10.1 Å². The molecule has 0 aliphatic carbocycles. The Labute approximate surface area is 139 Å². The summed E-state index contributed by atoms with van der Waals surface area (Å²) >= 11 is 0. The number of aryl methyl sites for hydroxylation is 1. The van der Waals surface area contributed by atoms with Crippen molar-refractivity contribution in [3.05, 3.63) is 29.8 Å². The Morgan fingerprint density at radius 2 is 2.18 bits per heavy atom. The predicted molar refractivity (Wildman–Crippen MR) is 91.8 cm³/mol. The molecule has 0 spiro atoms. The minimum absolute atomic E-state index is 0. The molecule has 0 radical (unpaired) electrons. The number of hydrogen-bond acceptors (Lipinski definition) is 3. The molecule has 124 valence electrons. The van der Waals surface area contributed by atoms with Gasteiger partial charge in [-0.1, -0.05) is 18.2 Å². The van der Waals surface area contributed by atoms with Gasteiger partial charge in [0, 0.05) is 13.5 Å². The van der Waals surface area contributed by atoms with Crippen LogP contribution in [0.5, 0.6) is 5.75 Å². The number of ether oxygens (including phenoxy) is 1. The fraction of sp³-hybridized carbons (Fsp3) is 0.588. The second kappa shape index (κ2) is 9.70. The summed E-state index contributed by atoms with van der Waals surface area (Å²) in [5, 5.41) is 3.34. The van der Waals surface area contributed by atoms with E-state index in [-0.39, 0.29) is 18.3 Å². The van der Waals surface area contributed by atoms with Crippen molar-refractivity contribution >= 4 is 18.3 Å². The summed E-state index contributed by atoms with van der Waals surface area (Å²) < 4.78 is 5.73. The first-order valence-electron chi connectivity index (χ1n) is 7.80. The number of para-hydroxylation sites is 1. The predicted octanol–water partition coefficient (Wildman–Crippen LogP) is 2.64.